The fourth-order valence-corrected chi connectivity index (χ4v) is 5.02. The number of benzene rings is 2. The number of anilines is 2. The Hall–Kier alpha value is -2.54. The summed E-state index contributed by atoms with van der Waals surface area (Å²) in [6.45, 7) is 6.32. The molecule has 0 bridgehead atoms. The van der Waals surface area contributed by atoms with Crippen molar-refractivity contribution in [3.05, 3.63) is 59.7 Å². The van der Waals surface area contributed by atoms with E-state index in [1.165, 1.54) is 4.31 Å². The van der Waals surface area contributed by atoms with Gasteiger partial charge < -0.3 is 9.64 Å². The molecule has 0 radical (unpaired) electrons. The lowest BCUT2D eigenvalue weighted by atomic mass is 10.1. The molecule has 0 spiro atoms. The van der Waals surface area contributed by atoms with E-state index in [-0.39, 0.29) is 11.3 Å². The van der Waals surface area contributed by atoms with Gasteiger partial charge in [-0.1, -0.05) is 36.4 Å². The van der Waals surface area contributed by atoms with Crippen LogP contribution in [0.1, 0.15) is 43.1 Å². The van der Waals surface area contributed by atoms with E-state index < -0.39 is 21.6 Å². The molecule has 2 aromatic rings. The van der Waals surface area contributed by atoms with Gasteiger partial charge in [-0.3, -0.25) is 4.31 Å². The SMILES string of the molecule is CN(Cc1ccccc1)c1cccc(C(=O)OC(C)(C)C)c1N1CCCS1(=O)=O. The first-order valence-electron chi connectivity index (χ1n) is 9.70. The molecule has 1 heterocycles. The average molecular weight is 417 g/mol. The van der Waals surface area contributed by atoms with Gasteiger partial charge >= 0.3 is 5.97 Å². The second-order valence-electron chi connectivity index (χ2n) is 8.26. The molecule has 0 unspecified atom stereocenters. The molecule has 0 N–H and O–H groups in total. The average Bonchev–Trinajstić information content (AvgIpc) is 2.99. The van der Waals surface area contributed by atoms with E-state index in [0.717, 1.165) is 5.56 Å². The Morgan fingerprint density at radius 2 is 1.79 bits per heavy atom. The van der Waals surface area contributed by atoms with Gasteiger partial charge in [0.05, 0.1) is 22.7 Å². The standard InChI is InChI=1S/C22H28N2O4S/c1-22(2,3)28-21(25)18-12-8-13-19(20(18)24-14-9-15-29(24,26)27)23(4)16-17-10-6-5-7-11-17/h5-8,10-13H,9,14-16H2,1-4H3. The minimum absolute atomic E-state index is 0.0808. The molecule has 6 nitrogen and oxygen atoms in total. The zero-order chi connectivity index (χ0) is 21.2. The van der Waals surface area contributed by atoms with E-state index in [1.807, 2.05) is 48.3 Å². The van der Waals surface area contributed by atoms with Crippen LogP contribution in [0.25, 0.3) is 0 Å². The summed E-state index contributed by atoms with van der Waals surface area (Å²) in [6.07, 6.45) is 0.535. The van der Waals surface area contributed by atoms with Gasteiger partial charge in [0.15, 0.2) is 0 Å². The van der Waals surface area contributed by atoms with Crippen molar-refractivity contribution in [1.82, 2.24) is 0 Å². The molecule has 0 aliphatic carbocycles. The van der Waals surface area contributed by atoms with Gasteiger partial charge in [-0.25, -0.2) is 13.2 Å². The summed E-state index contributed by atoms with van der Waals surface area (Å²) in [5.41, 5.74) is 1.76. The number of para-hydroxylation sites is 1. The van der Waals surface area contributed by atoms with Crippen molar-refractivity contribution in [2.24, 2.45) is 0 Å². The second-order valence-corrected chi connectivity index (χ2v) is 10.3. The van der Waals surface area contributed by atoms with Crippen molar-refractivity contribution >= 4 is 27.4 Å². The molecule has 29 heavy (non-hydrogen) atoms. The van der Waals surface area contributed by atoms with Gasteiger partial charge in [-0.2, -0.15) is 0 Å². The van der Waals surface area contributed by atoms with Crippen LogP contribution in [0, 0.1) is 0 Å². The van der Waals surface area contributed by atoms with E-state index in [4.69, 9.17) is 4.74 Å². The zero-order valence-corrected chi connectivity index (χ0v) is 18.2. The Labute approximate surface area is 173 Å². The maximum Gasteiger partial charge on any atom is 0.340 e. The topological polar surface area (TPSA) is 66.9 Å². The molecule has 7 heteroatoms. The number of esters is 1. The Morgan fingerprint density at radius 1 is 1.10 bits per heavy atom. The van der Waals surface area contributed by atoms with Crippen molar-refractivity contribution < 1.29 is 17.9 Å². The van der Waals surface area contributed by atoms with Crippen molar-refractivity contribution in [1.29, 1.82) is 0 Å². The highest BCUT2D eigenvalue weighted by molar-refractivity contribution is 7.93. The first-order valence-corrected chi connectivity index (χ1v) is 11.3. The van der Waals surface area contributed by atoms with E-state index in [1.54, 1.807) is 32.9 Å². The third-order valence-electron chi connectivity index (χ3n) is 4.66. The summed E-state index contributed by atoms with van der Waals surface area (Å²) in [5, 5.41) is 0. The number of carbonyl (C=O) groups excluding carboxylic acids is 1. The minimum Gasteiger partial charge on any atom is -0.456 e. The van der Waals surface area contributed by atoms with Gasteiger partial charge in [0.2, 0.25) is 10.0 Å². The first-order chi connectivity index (χ1) is 13.6. The van der Waals surface area contributed by atoms with Crippen LogP contribution in [0.5, 0.6) is 0 Å². The third-order valence-corrected chi connectivity index (χ3v) is 6.50. The molecule has 2 aromatic carbocycles. The van der Waals surface area contributed by atoms with Crippen molar-refractivity contribution in [2.45, 2.75) is 39.3 Å². The lowest BCUT2D eigenvalue weighted by molar-refractivity contribution is 0.00705. The molecule has 1 fully saturated rings. The molecule has 1 saturated heterocycles. The quantitative estimate of drug-likeness (QED) is 0.693. The van der Waals surface area contributed by atoms with Crippen LogP contribution in [0.15, 0.2) is 48.5 Å². The summed E-state index contributed by atoms with van der Waals surface area (Å²) in [4.78, 5) is 14.9. The molecule has 0 saturated carbocycles. The lowest BCUT2D eigenvalue weighted by Crippen LogP contribution is -2.31. The summed E-state index contributed by atoms with van der Waals surface area (Å²) in [7, 11) is -1.57. The summed E-state index contributed by atoms with van der Waals surface area (Å²) >= 11 is 0. The normalized spacial score (nSPS) is 15.9. The largest absolute Gasteiger partial charge is 0.456 e. The molecular weight excluding hydrogens is 388 g/mol. The highest BCUT2D eigenvalue weighted by atomic mass is 32.2. The molecule has 1 aliphatic rings. The van der Waals surface area contributed by atoms with Crippen molar-refractivity contribution in [2.75, 3.05) is 28.6 Å². The molecule has 0 amide bonds. The lowest BCUT2D eigenvalue weighted by Gasteiger charge is -2.29. The van der Waals surface area contributed by atoms with Crippen LogP contribution in [0.4, 0.5) is 11.4 Å². The van der Waals surface area contributed by atoms with Crippen LogP contribution in [0.2, 0.25) is 0 Å². The van der Waals surface area contributed by atoms with Gasteiger partial charge in [0, 0.05) is 20.1 Å². The molecule has 0 aromatic heterocycles. The molecule has 0 atom stereocenters. The van der Waals surface area contributed by atoms with Crippen LogP contribution in [-0.2, 0) is 21.3 Å². The number of nitrogens with zero attached hydrogens (tertiary/aromatic N) is 2. The van der Waals surface area contributed by atoms with Gasteiger partial charge in [0.1, 0.15) is 5.60 Å². The van der Waals surface area contributed by atoms with Crippen molar-refractivity contribution in [3.8, 4) is 0 Å². The fraction of sp³-hybridized carbons (Fsp3) is 0.409. The number of carbonyl (C=O) groups is 1. The Morgan fingerprint density at radius 3 is 2.38 bits per heavy atom. The highest BCUT2D eigenvalue weighted by Gasteiger charge is 2.35. The van der Waals surface area contributed by atoms with Crippen LogP contribution in [0.3, 0.4) is 0 Å². The summed E-state index contributed by atoms with van der Waals surface area (Å²) < 4.78 is 32.4. The molecular formula is C22H28N2O4S. The number of hydrogen-bond donors (Lipinski definition) is 0. The summed E-state index contributed by atoms with van der Waals surface area (Å²) in [6, 6.07) is 15.2. The maximum absolute atomic E-state index is 12.9. The fourth-order valence-electron chi connectivity index (χ4n) is 3.43. The smallest absolute Gasteiger partial charge is 0.340 e. The van der Waals surface area contributed by atoms with Crippen LogP contribution < -0.4 is 9.21 Å². The van der Waals surface area contributed by atoms with Gasteiger partial charge in [-0.15, -0.1) is 0 Å². The number of hydrogen-bond acceptors (Lipinski definition) is 5. The minimum atomic E-state index is -3.47. The maximum atomic E-state index is 12.9. The zero-order valence-electron chi connectivity index (χ0n) is 17.4. The second kappa shape index (κ2) is 8.06. The Kier molecular flexibility index (Phi) is 5.89. The first kappa shape index (κ1) is 21.2. The number of ether oxygens (including phenoxy) is 1. The Balaban J connectivity index is 2.08. The third kappa shape index (κ3) is 4.90. The molecule has 1 aliphatic heterocycles. The molecule has 3 rings (SSSR count). The van der Waals surface area contributed by atoms with E-state index in [2.05, 4.69) is 0 Å². The Bertz CT molecular complexity index is 982. The molecule has 156 valence electrons. The van der Waals surface area contributed by atoms with Crippen LogP contribution in [-0.4, -0.2) is 39.3 Å². The number of rotatable bonds is 5. The predicted molar refractivity (Wildman–Crippen MR) is 116 cm³/mol. The summed E-state index contributed by atoms with van der Waals surface area (Å²) in [5.74, 6) is -0.443. The highest BCUT2D eigenvalue weighted by Crippen LogP contribution is 2.38. The van der Waals surface area contributed by atoms with E-state index >= 15 is 0 Å². The van der Waals surface area contributed by atoms with E-state index in [9.17, 15) is 13.2 Å². The predicted octanol–water partition coefficient (Wildman–Crippen LogP) is 3.82. The van der Waals surface area contributed by atoms with Crippen molar-refractivity contribution in [3.63, 3.8) is 0 Å². The van der Waals surface area contributed by atoms with E-state index in [0.29, 0.717) is 30.9 Å². The number of sulfonamides is 1. The van der Waals surface area contributed by atoms with Gasteiger partial charge in [-0.05, 0) is 44.9 Å². The van der Waals surface area contributed by atoms with Gasteiger partial charge in [0.25, 0.3) is 0 Å². The van der Waals surface area contributed by atoms with Crippen LogP contribution >= 0.6 is 0 Å². The monoisotopic (exact) mass is 416 g/mol.